The highest BCUT2D eigenvalue weighted by molar-refractivity contribution is 5.40. The average Bonchev–Trinajstić information content (AvgIpc) is 2.48. The van der Waals surface area contributed by atoms with Gasteiger partial charge < -0.3 is 14.8 Å². The Hall–Kier alpha value is -1.91. The highest BCUT2D eigenvalue weighted by atomic mass is 19.1. The van der Waals surface area contributed by atoms with Crippen molar-refractivity contribution in [2.75, 3.05) is 20.3 Å². The fourth-order valence-corrected chi connectivity index (χ4v) is 1.99. The fourth-order valence-electron chi connectivity index (χ4n) is 1.99. The Morgan fingerprint density at radius 1 is 1.10 bits per heavy atom. The number of para-hydroxylation sites is 1. The van der Waals surface area contributed by atoms with Crippen molar-refractivity contribution in [1.29, 1.82) is 0 Å². The number of benzene rings is 2. The predicted octanol–water partition coefficient (Wildman–Crippen LogP) is 3.66. The van der Waals surface area contributed by atoms with E-state index in [1.165, 1.54) is 6.07 Å². The van der Waals surface area contributed by atoms with Crippen molar-refractivity contribution in [2.24, 2.45) is 0 Å². The number of hydrogen-bond donors (Lipinski definition) is 1. The first-order chi connectivity index (χ1) is 10.2. The third kappa shape index (κ3) is 4.55. The van der Waals surface area contributed by atoms with Gasteiger partial charge in [-0.1, -0.05) is 29.8 Å². The Kier molecular flexibility index (Phi) is 5.72. The molecule has 21 heavy (non-hydrogen) atoms. The summed E-state index contributed by atoms with van der Waals surface area (Å²) >= 11 is 0. The summed E-state index contributed by atoms with van der Waals surface area (Å²) in [6.45, 7) is 4.07. The lowest BCUT2D eigenvalue weighted by atomic mass is 10.1. The van der Waals surface area contributed by atoms with Gasteiger partial charge in [-0.15, -0.1) is 0 Å². The molecule has 0 radical (unpaired) electrons. The van der Waals surface area contributed by atoms with Gasteiger partial charge in [0, 0.05) is 25.8 Å². The summed E-state index contributed by atoms with van der Waals surface area (Å²) in [5.74, 6) is 0.534. The Morgan fingerprint density at radius 3 is 2.67 bits per heavy atom. The van der Waals surface area contributed by atoms with Gasteiger partial charge in [-0.05, 0) is 25.1 Å². The van der Waals surface area contributed by atoms with Gasteiger partial charge in [0.25, 0.3) is 0 Å². The maximum atomic E-state index is 13.7. The molecule has 2 aromatic rings. The van der Waals surface area contributed by atoms with E-state index >= 15 is 0 Å². The molecule has 0 spiro atoms. The molecule has 0 aliphatic rings. The second-order valence-corrected chi connectivity index (χ2v) is 4.81. The third-order valence-corrected chi connectivity index (χ3v) is 3.07. The van der Waals surface area contributed by atoms with Crippen LogP contribution in [0.25, 0.3) is 0 Å². The zero-order valence-electron chi connectivity index (χ0n) is 12.4. The Balaban J connectivity index is 2.13. The zero-order chi connectivity index (χ0) is 15.1. The molecule has 3 nitrogen and oxygen atoms in total. The minimum absolute atomic E-state index is 0.236. The molecule has 112 valence electrons. The molecule has 0 fully saturated rings. The minimum atomic E-state index is -0.364. The molecule has 0 amide bonds. The fraction of sp³-hybridized carbons (Fsp3) is 0.294. The first-order valence-corrected chi connectivity index (χ1v) is 6.92. The first kappa shape index (κ1) is 15.5. The summed E-state index contributed by atoms with van der Waals surface area (Å²) in [6, 6.07) is 12.3. The maximum Gasteiger partial charge on any atom is 0.165 e. The Labute approximate surface area is 124 Å². The van der Waals surface area contributed by atoms with Crippen LogP contribution in [0.15, 0.2) is 42.5 Å². The van der Waals surface area contributed by atoms with E-state index < -0.39 is 0 Å². The Morgan fingerprint density at radius 2 is 1.90 bits per heavy atom. The standard InChI is InChI=1S/C17H20FNO2/c1-13-7-8-16(14(11-13)12-19-9-10-20-2)21-17-6-4-3-5-15(17)18/h3-8,11,19H,9-10,12H2,1-2H3. The summed E-state index contributed by atoms with van der Waals surface area (Å²) in [5.41, 5.74) is 2.13. The molecule has 0 aliphatic carbocycles. The average molecular weight is 289 g/mol. The molecule has 0 aliphatic heterocycles. The molecular weight excluding hydrogens is 269 g/mol. The highest BCUT2D eigenvalue weighted by Gasteiger charge is 2.08. The van der Waals surface area contributed by atoms with Gasteiger partial charge in [0.1, 0.15) is 5.75 Å². The van der Waals surface area contributed by atoms with E-state index in [0.717, 1.165) is 17.7 Å². The van der Waals surface area contributed by atoms with Crippen LogP contribution in [0.3, 0.4) is 0 Å². The van der Waals surface area contributed by atoms with Gasteiger partial charge in [0.15, 0.2) is 11.6 Å². The van der Waals surface area contributed by atoms with Crippen LogP contribution < -0.4 is 10.1 Å². The largest absolute Gasteiger partial charge is 0.454 e. The van der Waals surface area contributed by atoms with Crippen LogP contribution in [0.2, 0.25) is 0 Å². The molecule has 0 aromatic heterocycles. The lowest BCUT2D eigenvalue weighted by Crippen LogP contribution is -2.19. The van der Waals surface area contributed by atoms with Crippen molar-refractivity contribution in [3.8, 4) is 11.5 Å². The van der Waals surface area contributed by atoms with Crippen molar-refractivity contribution < 1.29 is 13.9 Å². The molecule has 0 atom stereocenters. The molecule has 0 heterocycles. The number of ether oxygens (including phenoxy) is 2. The summed E-state index contributed by atoms with van der Waals surface area (Å²) in [6.07, 6.45) is 0. The summed E-state index contributed by atoms with van der Waals surface area (Å²) in [4.78, 5) is 0. The number of aryl methyl sites for hydroxylation is 1. The SMILES string of the molecule is COCCNCc1cc(C)ccc1Oc1ccccc1F. The maximum absolute atomic E-state index is 13.7. The van der Waals surface area contributed by atoms with Crippen LogP contribution in [-0.2, 0) is 11.3 Å². The van der Waals surface area contributed by atoms with Gasteiger partial charge in [-0.3, -0.25) is 0 Å². The van der Waals surface area contributed by atoms with Crippen molar-refractivity contribution in [2.45, 2.75) is 13.5 Å². The van der Waals surface area contributed by atoms with Gasteiger partial charge in [-0.25, -0.2) is 4.39 Å². The monoisotopic (exact) mass is 289 g/mol. The molecule has 0 saturated heterocycles. The van der Waals surface area contributed by atoms with Gasteiger partial charge in [0.05, 0.1) is 6.61 Å². The van der Waals surface area contributed by atoms with Crippen molar-refractivity contribution >= 4 is 0 Å². The minimum Gasteiger partial charge on any atom is -0.454 e. The summed E-state index contributed by atoms with van der Waals surface area (Å²) < 4.78 is 24.4. The van der Waals surface area contributed by atoms with E-state index in [-0.39, 0.29) is 11.6 Å². The van der Waals surface area contributed by atoms with E-state index in [0.29, 0.717) is 18.9 Å². The zero-order valence-corrected chi connectivity index (χ0v) is 12.4. The molecule has 0 unspecified atom stereocenters. The third-order valence-electron chi connectivity index (χ3n) is 3.07. The van der Waals surface area contributed by atoms with Crippen LogP contribution in [0, 0.1) is 12.7 Å². The van der Waals surface area contributed by atoms with Gasteiger partial charge in [0.2, 0.25) is 0 Å². The molecule has 1 N–H and O–H groups in total. The van der Waals surface area contributed by atoms with E-state index in [1.54, 1.807) is 25.3 Å². The number of hydrogen-bond acceptors (Lipinski definition) is 3. The second kappa shape index (κ2) is 7.76. The van der Waals surface area contributed by atoms with Gasteiger partial charge >= 0.3 is 0 Å². The van der Waals surface area contributed by atoms with E-state index in [1.807, 2.05) is 25.1 Å². The number of halogens is 1. The van der Waals surface area contributed by atoms with Crippen LogP contribution >= 0.6 is 0 Å². The van der Waals surface area contributed by atoms with E-state index in [4.69, 9.17) is 9.47 Å². The first-order valence-electron chi connectivity index (χ1n) is 6.92. The summed E-state index contributed by atoms with van der Waals surface area (Å²) in [5, 5.41) is 3.27. The lowest BCUT2D eigenvalue weighted by Gasteiger charge is -2.13. The van der Waals surface area contributed by atoms with E-state index in [9.17, 15) is 4.39 Å². The smallest absolute Gasteiger partial charge is 0.165 e. The predicted molar refractivity (Wildman–Crippen MR) is 81.2 cm³/mol. The number of methoxy groups -OCH3 is 1. The topological polar surface area (TPSA) is 30.5 Å². The number of rotatable bonds is 7. The van der Waals surface area contributed by atoms with Crippen molar-refractivity contribution in [3.63, 3.8) is 0 Å². The second-order valence-electron chi connectivity index (χ2n) is 4.81. The van der Waals surface area contributed by atoms with Crippen LogP contribution in [0.4, 0.5) is 4.39 Å². The number of nitrogens with one attached hydrogen (secondary N) is 1. The molecule has 0 bridgehead atoms. The van der Waals surface area contributed by atoms with Crippen molar-refractivity contribution in [1.82, 2.24) is 5.32 Å². The summed E-state index contributed by atoms with van der Waals surface area (Å²) in [7, 11) is 1.67. The molecule has 2 rings (SSSR count). The van der Waals surface area contributed by atoms with Crippen LogP contribution in [-0.4, -0.2) is 20.3 Å². The molecular formula is C17H20FNO2. The molecule has 2 aromatic carbocycles. The highest BCUT2D eigenvalue weighted by Crippen LogP contribution is 2.28. The normalized spacial score (nSPS) is 10.6. The molecule has 0 saturated carbocycles. The van der Waals surface area contributed by atoms with Crippen LogP contribution in [0.1, 0.15) is 11.1 Å². The van der Waals surface area contributed by atoms with E-state index in [2.05, 4.69) is 5.32 Å². The quantitative estimate of drug-likeness (QED) is 0.789. The van der Waals surface area contributed by atoms with Gasteiger partial charge in [-0.2, -0.15) is 0 Å². The van der Waals surface area contributed by atoms with Crippen LogP contribution in [0.5, 0.6) is 11.5 Å². The lowest BCUT2D eigenvalue weighted by molar-refractivity contribution is 0.199. The Bertz CT molecular complexity index is 587. The molecule has 4 heteroatoms. The van der Waals surface area contributed by atoms with Crippen molar-refractivity contribution in [3.05, 3.63) is 59.4 Å².